The third-order valence-corrected chi connectivity index (χ3v) is 2.98. The van der Waals surface area contributed by atoms with Crippen molar-refractivity contribution in [1.29, 1.82) is 0 Å². The van der Waals surface area contributed by atoms with Gasteiger partial charge in [-0.05, 0) is 6.42 Å². The molecule has 0 nitrogen and oxygen atoms in total. The summed E-state index contributed by atoms with van der Waals surface area (Å²) in [4.78, 5) is 0. The van der Waals surface area contributed by atoms with Gasteiger partial charge in [-0.1, -0.05) is 49.3 Å². The van der Waals surface area contributed by atoms with Crippen LogP contribution in [0.3, 0.4) is 0 Å². The first-order valence-electron chi connectivity index (χ1n) is 4.65. The lowest BCUT2D eigenvalue weighted by molar-refractivity contribution is -0.285. The van der Waals surface area contributed by atoms with E-state index in [1.165, 1.54) is 6.92 Å². The number of hydrogen-bond acceptors (Lipinski definition) is 0. The largest absolute Gasteiger partial charge is 0.453 e. The van der Waals surface area contributed by atoms with Crippen LogP contribution >= 0.6 is 22.6 Å². The van der Waals surface area contributed by atoms with Crippen LogP contribution in [0.2, 0.25) is 0 Å². The molecule has 0 aromatic rings. The summed E-state index contributed by atoms with van der Waals surface area (Å²) in [7, 11) is 0. The van der Waals surface area contributed by atoms with Crippen molar-refractivity contribution in [3.8, 4) is 0 Å². The highest BCUT2D eigenvalue weighted by Crippen LogP contribution is 2.45. The molecule has 0 bridgehead atoms. The molecule has 0 saturated heterocycles. The lowest BCUT2D eigenvalue weighted by atomic mass is 9.96. The molecule has 1 atom stereocenters. The molecular formula is C9H14F5I. The number of hydrogen-bond donors (Lipinski definition) is 0. The molecule has 92 valence electrons. The van der Waals surface area contributed by atoms with Crippen LogP contribution in [0.5, 0.6) is 0 Å². The fourth-order valence-corrected chi connectivity index (χ4v) is 2.06. The topological polar surface area (TPSA) is 0 Å². The van der Waals surface area contributed by atoms with Gasteiger partial charge in [-0.25, -0.2) is 0 Å². The summed E-state index contributed by atoms with van der Waals surface area (Å²) < 4.78 is 60.2. The minimum Gasteiger partial charge on any atom is -0.196 e. The van der Waals surface area contributed by atoms with Gasteiger partial charge in [-0.3, -0.25) is 0 Å². The summed E-state index contributed by atoms with van der Waals surface area (Å²) in [5.74, 6) is -4.59. The predicted molar refractivity (Wildman–Crippen MR) is 57.6 cm³/mol. The van der Waals surface area contributed by atoms with Crippen molar-refractivity contribution in [1.82, 2.24) is 0 Å². The summed E-state index contributed by atoms with van der Waals surface area (Å²) in [6, 6.07) is 0. The molecule has 0 spiro atoms. The second-order valence-corrected chi connectivity index (χ2v) is 6.50. The molecule has 0 saturated carbocycles. The summed E-state index contributed by atoms with van der Waals surface area (Å²) in [5, 5.41) is 0. The highest BCUT2D eigenvalue weighted by molar-refractivity contribution is 14.1. The molecule has 0 aromatic carbocycles. The van der Waals surface area contributed by atoms with E-state index in [4.69, 9.17) is 0 Å². The van der Waals surface area contributed by atoms with Gasteiger partial charge in [0.25, 0.3) is 0 Å². The van der Waals surface area contributed by atoms with Crippen LogP contribution in [-0.4, -0.2) is 15.5 Å². The standard InChI is InChI=1S/C9H14F5I/c1-3-4-5-7(2,15)6-8(10,11)9(12,13)14/h3-6H2,1-2H3. The van der Waals surface area contributed by atoms with Crippen LogP contribution in [0, 0.1) is 0 Å². The molecule has 0 heterocycles. The molecule has 0 aliphatic rings. The molecule has 0 radical (unpaired) electrons. The van der Waals surface area contributed by atoms with Crippen molar-refractivity contribution in [2.24, 2.45) is 0 Å². The SMILES string of the molecule is CCCCC(C)(I)CC(F)(F)C(F)(F)F. The Kier molecular flexibility index (Phi) is 5.27. The third kappa shape index (κ3) is 5.31. The zero-order valence-corrected chi connectivity index (χ0v) is 10.8. The maximum absolute atomic E-state index is 12.7. The summed E-state index contributed by atoms with van der Waals surface area (Å²) in [6.07, 6.45) is -4.77. The van der Waals surface area contributed by atoms with Crippen LogP contribution in [0.4, 0.5) is 22.0 Å². The summed E-state index contributed by atoms with van der Waals surface area (Å²) in [5.41, 5.74) is 0. The Hall–Kier alpha value is 0.380. The van der Waals surface area contributed by atoms with E-state index in [-0.39, 0.29) is 0 Å². The lowest BCUT2D eigenvalue weighted by Crippen LogP contribution is -2.41. The van der Waals surface area contributed by atoms with E-state index in [9.17, 15) is 22.0 Å². The fourth-order valence-electron chi connectivity index (χ4n) is 1.20. The van der Waals surface area contributed by atoms with E-state index in [1.807, 2.05) is 6.92 Å². The first kappa shape index (κ1) is 15.4. The molecule has 15 heavy (non-hydrogen) atoms. The first-order chi connectivity index (χ1) is 6.52. The Balaban J connectivity index is 4.43. The van der Waals surface area contributed by atoms with E-state index in [0.717, 1.165) is 6.42 Å². The molecule has 0 aliphatic heterocycles. The van der Waals surface area contributed by atoms with Crippen molar-refractivity contribution in [2.45, 2.75) is 55.1 Å². The monoisotopic (exact) mass is 344 g/mol. The van der Waals surface area contributed by atoms with Gasteiger partial charge in [-0.2, -0.15) is 22.0 Å². The molecule has 0 rings (SSSR count). The van der Waals surface area contributed by atoms with Gasteiger partial charge in [-0.15, -0.1) is 0 Å². The number of alkyl halides is 6. The molecule has 1 unspecified atom stereocenters. The van der Waals surface area contributed by atoms with Gasteiger partial charge in [0.2, 0.25) is 0 Å². The van der Waals surface area contributed by atoms with Crippen LogP contribution in [-0.2, 0) is 0 Å². The average molecular weight is 344 g/mol. The van der Waals surface area contributed by atoms with Crippen molar-refractivity contribution in [2.75, 3.05) is 0 Å². The zero-order valence-electron chi connectivity index (χ0n) is 8.60. The smallest absolute Gasteiger partial charge is 0.196 e. The molecule has 6 heteroatoms. The number of halogens is 6. The highest BCUT2D eigenvalue weighted by Gasteiger charge is 2.59. The Bertz CT molecular complexity index is 197. The Morgan fingerprint density at radius 2 is 1.53 bits per heavy atom. The Morgan fingerprint density at radius 1 is 1.07 bits per heavy atom. The first-order valence-corrected chi connectivity index (χ1v) is 5.73. The second kappa shape index (κ2) is 5.14. The van der Waals surface area contributed by atoms with E-state index < -0.39 is 21.9 Å². The van der Waals surface area contributed by atoms with Gasteiger partial charge in [0.15, 0.2) is 0 Å². The summed E-state index contributed by atoms with van der Waals surface area (Å²) in [6.45, 7) is 3.30. The van der Waals surface area contributed by atoms with E-state index in [0.29, 0.717) is 12.8 Å². The van der Waals surface area contributed by atoms with Crippen LogP contribution in [0.1, 0.15) is 39.5 Å². The lowest BCUT2D eigenvalue weighted by Gasteiger charge is -2.29. The zero-order chi connectivity index (χ0) is 12.3. The molecule has 0 N–H and O–H groups in total. The van der Waals surface area contributed by atoms with Gasteiger partial charge >= 0.3 is 12.1 Å². The second-order valence-electron chi connectivity index (χ2n) is 3.90. The van der Waals surface area contributed by atoms with Crippen LogP contribution in [0.15, 0.2) is 0 Å². The minimum absolute atomic E-state index is 0.371. The normalized spacial score (nSPS) is 17.6. The van der Waals surface area contributed by atoms with Gasteiger partial charge in [0, 0.05) is 9.84 Å². The number of unbranched alkanes of at least 4 members (excludes halogenated alkanes) is 1. The fraction of sp³-hybridized carbons (Fsp3) is 1.00. The molecular weight excluding hydrogens is 330 g/mol. The molecule has 0 aromatic heterocycles. The van der Waals surface area contributed by atoms with Crippen molar-refractivity contribution >= 4 is 22.6 Å². The molecule has 0 amide bonds. The van der Waals surface area contributed by atoms with E-state index >= 15 is 0 Å². The van der Waals surface area contributed by atoms with Crippen molar-refractivity contribution < 1.29 is 22.0 Å². The summed E-state index contributed by atoms with van der Waals surface area (Å²) >= 11 is 1.68. The van der Waals surface area contributed by atoms with Crippen molar-refractivity contribution in [3.05, 3.63) is 0 Å². The maximum Gasteiger partial charge on any atom is 0.453 e. The number of rotatable bonds is 5. The average Bonchev–Trinajstić information content (AvgIpc) is 1.96. The van der Waals surface area contributed by atoms with Gasteiger partial charge < -0.3 is 0 Å². The Labute approximate surface area is 99.7 Å². The van der Waals surface area contributed by atoms with Crippen LogP contribution in [0.25, 0.3) is 0 Å². The quantitative estimate of drug-likeness (QED) is 0.376. The van der Waals surface area contributed by atoms with E-state index in [2.05, 4.69) is 0 Å². The maximum atomic E-state index is 12.7. The Morgan fingerprint density at radius 3 is 1.87 bits per heavy atom. The van der Waals surface area contributed by atoms with Gasteiger partial charge in [0.05, 0.1) is 0 Å². The highest BCUT2D eigenvalue weighted by atomic mass is 127. The van der Waals surface area contributed by atoms with Crippen LogP contribution < -0.4 is 0 Å². The van der Waals surface area contributed by atoms with E-state index in [1.54, 1.807) is 22.6 Å². The predicted octanol–water partition coefficient (Wildman–Crippen LogP) is 4.96. The minimum atomic E-state index is -5.44. The molecule has 0 aliphatic carbocycles. The third-order valence-electron chi connectivity index (χ3n) is 2.06. The van der Waals surface area contributed by atoms with Crippen molar-refractivity contribution in [3.63, 3.8) is 0 Å². The van der Waals surface area contributed by atoms with Gasteiger partial charge in [0.1, 0.15) is 0 Å². The molecule has 0 fully saturated rings.